The number of urea groups is 1. The maximum Gasteiger partial charge on any atom is 0.322 e. The largest absolute Gasteiger partial charge is 0.386 e. The summed E-state index contributed by atoms with van der Waals surface area (Å²) in [7, 11) is -1.36. The number of nitrogens with one attached hydrogen (secondary N) is 1. The van der Waals surface area contributed by atoms with E-state index in [2.05, 4.69) is 47.0 Å². The number of hydrogen-bond acceptors (Lipinski definition) is 4. The Balaban J connectivity index is 1.64. The van der Waals surface area contributed by atoms with Crippen LogP contribution in [0.5, 0.6) is 0 Å². The molecule has 0 aliphatic carbocycles. The minimum atomic E-state index is -1.36. The summed E-state index contributed by atoms with van der Waals surface area (Å²) in [6.45, 7) is 14.2. The molecule has 6 nitrogen and oxygen atoms in total. The fourth-order valence-electron chi connectivity index (χ4n) is 3.70. The summed E-state index contributed by atoms with van der Waals surface area (Å²) < 4.78 is 0. The molecule has 31 heavy (non-hydrogen) atoms. The molecule has 1 aromatic carbocycles. The van der Waals surface area contributed by atoms with E-state index in [9.17, 15) is 9.90 Å². The summed E-state index contributed by atoms with van der Waals surface area (Å²) in [5, 5.41) is 15.1. The van der Waals surface area contributed by atoms with E-state index in [4.69, 9.17) is 11.6 Å². The fraction of sp³-hybridized carbons (Fsp3) is 0.478. The molecule has 1 saturated heterocycles. The van der Waals surface area contributed by atoms with Gasteiger partial charge in [0.1, 0.15) is 5.82 Å². The van der Waals surface area contributed by atoms with Crippen molar-refractivity contribution in [3.05, 3.63) is 47.1 Å². The van der Waals surface area contributed by atoms with Gasteiger partial charge in [0.2, 0.25) is 0 Å². The number of halogens is 1. The van der Waals surface area contributed by atoms with Crippen molar-refractivity contribution in [2.45, 2.75) is 52.1 Å². The van der Waals surface area contributed by atoms with E-state index in [1.807, 2.05) is 24.0 Å². The fourth-order valence-corrected chi connectivity index (χ4v) is 5.15. The maximum atomic E-state index is 12.9. The van der Waals surface area contributed by atoms with Crippen LogP contribution in [0.3, 0.4) is 0 Å². The van der Waals surface area contributed by atoms with Crippen molar-refractivity contribution in [3.63, 3.8) is 0 Å². The van der Waals surface area contributed by atoms with Crippen LogP contribution in [0, 0.1) is 0 Å². The summed E-state index contributed by atoms with van der Waals surface area (Å²) in [6.07, 6.45) is 1.66. The number of anilines is 2. The van der Waals surface area contributed by atoms with Gasteiger partial charge < -0.3 is 20.2 Å². The van der Waals surface area contributed by atoms with Crippen LogP contribution in [-0.4, -0.2) is 54.8 Å². The highest BCUT2D eigenvalue weighted by Crippen LogP contribution is 2.30. The second-order valence-electron chi connectivity index (χ2n) is 9.83. The van der Waals surface area contributed by atoms with Gasteiger partial charge in [-0.3, -0.25) is 0 Å². The van der Waals surface area contributed by atoms with Crippen LogP contribution < -0.4 is 15.4 Å². The molecular formula is C23H33ClN4O2Si. The first-order chi connectivity index (χ1) is 14.4. The van der Waals surface area contributed by atoms with Crippen LogP contribution in [-0.2, 0) is 5.60 Å². The predicted molar refractivity (Wildman–Crippen MR) is 131 cm³/mol. The Labute approximate surface area is 191 Å². The highest BCUT2D eigenvalue weighted by molar-refractivity contribution is 6.88. The molecule has 1 aromatic heterocycles. The number of aliphatic hydroxyl groups is 1. The summed E-state index contributed by atoms with van der Waals surface area (Å²) >= 11 is 6.46. The van der Waals surface area contributed by atoms with Crippen molar-refractivity contribution < 1.29 is 9.90 Å². The Morgan fingerprint density at radius 2 is 1.87 bits per heavy atom. The van der Waals surface area contributed by atoms with E-state index in [-0.39, 0.29) is 12.1 Å². The molecule has 1 aliphatic heterocycles. The van der Waals surface area contributed by atoms with Crippen molar-refractivity contribution in [1.82, 2.24) is 9.88 Å². The molecule has 1 aliphatic rings. The van der Waals surface area contributed by atoms with E-state index in [1.165, 1.54) is 5.19 Å². The van der Waals surface area contributed by atoms with Crippen LogP contribution in [0.15, 0.2) is 36.5 Å². The highest BCUT2D eigenvalue weighted by Gasteiger charge is 2.30. The van der Waals surface area contributed by atoms with E-state index >= 15 is 0 Å². The van der Waals surface area contributed by atoms with Crippen LogP contribution >= 0.6 is 11.6 Å². The molecule has 1 unspecified atom stereocenters. The molecule has 0 spiro atoms. The zero-order valence-electron chi connectivity index (χ0n) is 19.2. The van der Waals surface area contributed by atoms with Crippen LogP contribution in [0.25, 0.3) is 0 Å². The zero-order valence-corrected chi connectivity index (χ0v) is 21.0. The van der Waals surface area contributed by atoms with E-state index in [1.54, 1.807) is 26.1 Å². The van der Waals surface area contributed by atoms with Crippen LogP contribution in [0.2, 0.25) is 24.7 Å². The summed E-state index contributed by atoms with van der Waals surface area (Å²) in [4.78, 5) is 21.3. The van der Waals surface area contributed by atoms with Crippen molar-refractivity contribution in [3.8, 4) is 0 Å². The summed E-state index contributed by atoms with van der Waals surface area (Å²) in [6, 6.07) is 9.88. The topological polar surface area (TPSA) is 68.7 Å². The lowest BCUT2D eigenvalue weighted by Crippen LogP contribution is -2.55. The van der Waals surface area contributed by atoms with E-state index in [0.717, 1.165) is 5.69 Å². The number of carbonyl (C=O) groups excluding carboxylic acids is 1. The molecule has 2 aromatic rings. The average Bonchev–Trinajstić information content (AvgIpc) is 2.66. The van der Waals surface area contributed by atoms with Gasteiger partial charge in [-0.1, -0.05) is 48.6 Å². The molecule has 2 N–H and O–H groups in total. The molecule has 0 bridgehead atoms. The monoisotopic (exact) mass is 460 g/mol. The Kier molecular flexibility index (Phi) is 6.69. The Bertz CT molecular complexity index is 938. The third-order valence-corrected chi connectivity index (χ3v) is 8.06. The highest BCUT2D eigenvalue weighted by atomic mass is 35.5. The molecule has 168 valence electrons. The number of hydrogen-bond donors (Lipinski definition) is 2. The Hall–Kier alpha value is -2.09. The number of rotatable bonds is 4. The van der Waals surface area contributed by atoms with E-state index in [0.29, 0.717) is 36.0 Å². The van der Waals surface area contributed by atoms with Crippen molar-refractivity contribution in [2.24, 2.45) is 0 Å². The molecule has 3 rings (SSSR count). The number of amides is 2. The Morgan fingerprint density at radius 3 is 2.39 bits per heavy atom. The first-order valence-corrected chi connectivity index (χ1v) is 14.6. The van der Waals surface area contributed by atoms with Gasteiger partial charge in [-0.25, -0.2) is 9.78 Å². The number of pyridine rings is 1. The number of nitrogens with zero attached hydrogens (tertiary/aromatic N) is 3. The number of benzene rings is 1. The molecular weight excluding hydrogens is 428 g/mol. The standard InChI is InChI=1S/C23H33ClN4O2Si/c1-16-15-27(21-20(24)13-17(14-25-21)23(2,3)30)11-12-28(16)22(29)26-18-7-9-19(10-8-18)31(4,5)6/h7-10,13-14,16,30H,11-12,15H2,1-6H3,(H,26,29). The summed E-state index contributed by atoms with van der Waals surface area (Å²) in [5.74, 6) is 0.684. The van der Waals surface area contributed by atoms with Crippen molar-refractivity contribution in [2.75, 3.05) is 29.9 Å². The lowest BCUT2D eigenvalue weighted by atomic mass is 10.0. The quantitative estimate of drug-likeness (QED) is 0.669. The van der Waals surface area contributed by atoms with Gasteiger partial charge in [-0.15, -0.1) is 0 Å². The second-order valence-corrected chi connectivity index (χ2v) is 15.3. The third-order valence-electron chi connectivity index (χ3n) is 5.72. The van der Waals surface area contributed by atoms with Gasteiger partial charge in [0.25, 0.3) is 0 Å². The van der Waals surface area contributed by atoms with E-state index < -0.39 is 13.7 Å². The minimum absolute atomic E-state index is 0.00170. The van der Waals surface area contributed by atoms with Crippen molar-refractivity contribution >= 4 is 42.4 Å². The SMILES string of the molecule is CC1CN(c2ncc(C(C)(C)O)cc2Cl)CCN1C(=O)Nc1ccc([Si](C)(C)C)cc1. The number of aromatic nitrogens is 1. The molecule has 0 saturated carbocycles. The van der Waals surface area contributed by atoms with Gasteiger partial charge in [0.05, 0.1) is 18.7 Å². The Morgan fingerprint density at radius 1 is 1.23 bits per heavy atom. The molecule has 1 atom stereocenters. The number of piperazine rings is 1. The van der Waals surface area contributed by atoms with Gasteiger partial charge in [-0.05, 0) is 39.0 Å². The van der Waals surface area contributed by atoms with Gasteiger partial charge in [0.15, 0.2) is 0 Å². The lowest BCUT2D eigenvalue weighted by molar-refractivity contribution is 0.0782. The first kappa shape index (κ1) is 23.6. The molecule has 0 radical (unpaired) electrons. The normalized spacial score (nSPS) is 17.6. The predicted octanol–water partition coefficient (Wildman–Crippen LogP) is 4.25. The molecule has 2 heterocycles. The average molecular weight is 461 g/mol. The van der Waals surface area contributed by atoms with Gasteiger partial charge >= 0.3 is 6.03 Å². The minimum Gasteiger partial charge on any atom is -0.386 e. The lowest BCUT2D eigenvalue weighted by Gasteiger charge is -2.40. The van der Waals surface area contributed by atoms with Gasteiger partial charge in [0, 0.05) is 43.1 Å². The van der Waals surface area contributed by atoms with Crippen LogP contribution in [0.4, 0.5) is 16.3 Å². The first-order valence-electron chi connectivity index (χ1n) is 10.7. The smallest absolute Gasteiger partial charge is 0.322 e. The molecule has 1 fully saturated rings. The maximum absolute atomic E-state index is 12.9. The van der Waals surface area contributed by atoms with Gasteiger partial charge in [-0.2, -0.15) is 0 Å². The number of carbonyl (C=O) groups is 1. The zero-order chi connectivity index (χ0) is 23.0. The third kappa shape index (κ3) is 5.59. The van der Waals surface area contributed by atoms with Crippen LogP contribution in [0.1, 0.15) is 26.3 Å². The second kappa shape index (κ2) is 8.80. The van der Waals surface area contributed by atoms with Crippen molar-refractivity contribution in [1.29, 1.82) is 0 Å². The summed E-state index contributed by atoms with van der Waals surface area (Å²) in [5.41, 5.74) is 0.494. The molecule has 8 heteroatoms. The molecule has 2 amide bonds.